The fourth-order valence-electron chi connectivity index (χ4n) is 4.00. The standard InChI is InChI=1S/C31H20Br2N4O2/c32-24-14-23(30(27(33)15-24)39-19-21-12-10-20(17-34)11-13-21)18-35-37-31(38)26-16-29(22-6-2-1-3-7-22)36-28-9-5-4-8-25(26)28/h1-16,18H,19H2,(H,37,38)/b35-18-. The summed E-state index contributed by atoms with van der Waals surface area (Å²) in [5, 5.41) is 14.0. The minimum atomic E-state index is -0.351. The van der Waals surface area contributed by atoms with E-state index in [1.54, 1.807) is 24.4 Å². The first-order valence-corrected chi connectivity index (χ1v) is 13.5. The predicted molar refractivity (Wildman–Crippen MR) is 160 cm³/mol. The van der Waals surface area contributed by atoms with Crippen LogP contribution in [0.1, 0.15) is 27.0 Å². The average Bonchev–Trinajstić information content (AvgIpc) is 2.96. The molecule has 5 aromatic rings. The monoisotopic (exact) mass is 638 g/mol. The van der Waals surface area contributed by atoms with Crippen molar-refractivity contribution >= 4 is 54.9 Å². The number of hydrogen-bond acceptors (Lipinski definition) is 5. The van der Waals surface area contributed by atoms with Gasteiger partial charge in [0.2, 0.25) is 0 Å². The summed E-state index contributed by atoms with van der Waals surface area (Å²) < 4.78 is 7.63. The van der Waals surface area contributed by atoms with Crippen LogP contribution in [0.4, 0.5) is 0 Å². The van der Waals surface area contributed by atoms with Gasteiger partial charge in [0, 0.05) is 21.0 Å². The number of nitrogens with one attached hydrogen (secondary N) is 1. The zero-order valence-electron chi connectivity index (χ0n) is 20.4. The molecule has 39 heavy (non-hydrogen) atoms. The van der Waals surface area contributed by atoms with E-state index in [0.29, 0.717) is 34.7 Å². The number of nitriles is 1. The molecule has 0 saturated carbocycles. The first-order valence-electron chi connectivity index (χ1n) is 11.9. The molecule has 5 rings (SSSR count). The zero-order valence-corrected chi connectivity index (χ0v) is 23.6. The van der Waals surface area contributed by atoms with E-state index in [-0.39, 0.29) is 5.91 Å². The molecule has 0 fully saturated rings. The first-order chi connectivity index (χ1) is 19.0. The van der Waals surface area contributed by atoms with Crippen molar-refractivity contribution in [3.63, 3.8) is 0 Å². The Labute approximate surface area is 242 Å². The Morgan fingerprint density at radius 2 is 1.72 bits per heavy atom. The summed E-state index contributed by atoms with van der Waals surface area (Å²) in [5.41, 5.74) is 7.65. The maximum atomic E-state index is 13.3. The molecule has 6 nitrogen and oxygen atoms in total. The van der Waals surface area contributed by atoms with E-state index in [0.717, 1.165) is 31.0 Å². The number of benzene rings is 4. The lowest BCUT2D eigenvalue weighted by atomic mass is 10.0. The van der Waals surface area contributed by atoms with Crippen LogP contribution in [0.25, 0.3) is 22.2 Å². The Hall–Kier alpha value is -4.32. The van der Waals surface area contributed by atoms with E-state index in [1.165, 1.54) is 0 Å². The summed E-state index contributed by atoms with van der Waals surface area (Å²) in [6.45, 7) is 0.296. The third-order valence-electron chi connectivity index (χ3n) is 5.90. The van der Waals surface area contributed by atoms with Crippen molar-refractivity contribution < 1.29 is 9.53 Å². The summed E-state index contributed by atoms with van der Waals surface area (Å²) in [6, 6.07) is 32.1. The molecule has 0 spiro atoms. The number of hydrogen-bond donors (Lipinski definition) is 1. The highest BCUT2D eigenvalue weighted by Crippen LogP contribution is 2.33. The Balaban J connectivity index is 1.39. The SMILES string of the molecule is N#Cc1ccc(COc2c(Br)cc(Br)cc2/C=N\NC(=O)c2cc(-c3ccccc3)nc3ccccc23)cc1. The van der Waals surface area contributed by atoms with Crippen LogP contribution in [0.15, 0.2) is 111 Å². The van der Waals surface area contributed by atoms with Crippen molar-refractivity contribution in [3.05, 3.63) is 128 Å². The summed E-state index contributed by atoms with van der Waals surface area (Å²) >= 11 is 7.06. The molecule has 1 amide bonds. The van der Waals surface area contributed by atoms with Gasteiger partial charge in [0.15, 0.2) is 0 Å². The molecule has 0 atom stereocenters. The summed E-state index contributed by atoms with van der Waals surface area (Å²) in [4.78, 5) is 18.0. The van der Waals surface area contributed by atoms with Crippen LogP contribution >= 0.6 is 31.9 Å². The predicted octanol–water partition coefficient (Wildman–Crippen LogP) is 7.64. The molecular weight excluding hydrogens is 620 g/mol. The normalized spacial score (nSPS) is 10.9. The van der Waals surface area contributed by atoms with Crippen molar-refractivity contribution in [2.45, 2.75) is 6.61 Å². The molecule has 0 saturated heterocycles. The highest BCUT2D eigenvalue weighted by molar-refractivity contribution is 9.11. The average molecular weight is 640 g/mol. The van der Waals surface area contributed by atoms with E-state index in [1.807, 2.05) is 78.9 Å². The molecule has 0 radical (unpaired) electrons. The molecule has 0 aliphatic carbocycles. The Morgan fingerprint density at radius 3 is 2.49 bits per heavy atom. The van der Waals surface area contributed by atoms with Crippen LogP contribution in [0.5, 0.6) is 5.75 Å². The largest absolute Gasteiger partial charge is 0.487 e. The van der Waals surface area contributed by atoms with Crippen LogP contribution in [-0.4, -0.2) is 17.1 Å². The number of nitrogens with zero attached hydrogens (tertiary/aromatic N) is 3. The number of rotatable bonds is 7. The van der Waals surface area contributed by atoms with Gasteiger partial charge >= 0.3 is 0 Å². The molecule has 8 heteroatoms. The number of carbonyl (C=O) groups excluding carboxylic acids is 1. The lowest BCUT2D eigenvalue weighted by Gasteiger charge is -2.12. The third-order valence-corrected chi connectivity index (χ3v) is 6.95. The fraction of sp³-hybridized carbons (Fsp3) is 0.0323. The van der Waals surface area contributed by atoms with Gasteiger partial charge in [0.25, 0.3) is 5.91 Å². The maximum absolute atomic E-state index is 13.3. The van der Waals surface area contributed by atoms with Gasteiger partial charge in [0.05, 0.1) is 39.1 Å². The van der Waals surface area contributed by atoms with Gasteiger partial charge in [-0.25, -0.2) is 10.4 Å². The second-order valence-corrected chi connectivity index (χ2v) is 10.3. The molecule has 190 valence electrons. The lowest BCUT2D eigenvalue weighted by molar-refractivity contribution is 0.0956. The quantitative estimate of drug-likeness (QED) is 0.146. The highest BCUT2D eigenvalue weighted by Gasteiger charge is 2.14. The fourth-order valence-corrected chi connectivity index (χ4v) is 5.37. The molecule has 0 aliphatic heterocycles. The molecular formula is C31H20Br2N4O2. The van der Waals surface area contributed by atoms with Gasteiger partial charge in [-0.15, -0.1) is 0 Å². The van der Waals surface area contributed by atoms with Crippen LogP contribution in [0.2, 0.25) is 0 Å². The maximum Gasteiger partial charge on any atom is 0.272 e. The van der Waals surface area contributed by atoms with Crippen LogP contribution in [-0.2, 0) is 6.61 Å². The first kappa shape index (κ1) is 26.3. The van der Waals surface area contributed by atoms with Gasteiger partial charge in [-0.2, -0.15) is 10.4 Å². The molecule has 1 aromatic heterocycles. The molecule has 1 heterocycles. The van der Waals surface area contributed by atoms with Crippen molar-refractivity contribution in [2.24, 2.45) is 5.10 Å². The van der Waals surface area contributed by atoms with E-state index < -0.39 is 0 Å². The van der Waals surface area contributed by atoms with Crippen LogP contribution < -0.4 is 10.2 Å². The number of pyridine rings is 1. The van der Waals surface area contributed by atoms with Gasteiger partial charge in [-0.05, 0) is 57.9 Å². The minimum Gasteiger partial charge on any atom is -0.487 e. The Morgan fingerprint density at radius 1 is 0.974 bits per heavy atom. The van der Waals surface area contributed by atoms with Crippen LogP contribution in [0, 0.1) is 11.3 Å². The topological polar surface area (TPSA) is 87.4 Å². The van der Waals surface area contributed by atoms with Crippen LogP contribution in [0.3, 0.4) is 0 Å². The van der Waals surface area contributed by atoms with Crippen molar-refractivity contribution in [1.82, 2.24) is 10.4 Å². The number of amides is 1. The van der Waals surface area contributed by atoms with Crippen molar-refractivity contribution in [2.75, 3.05) is 0 Å². The van der Waals surface area contributed by atoms with E-state index in [2.05, 4.69) is 48.5 Å². The molecule has 1 N–H and O–H groups in total. The second kappa shape index (κ2) is 12.0. The molecule has 0 aliphatic rings. The van der Waals surface area contributed by atoms with E-state index in [4.69, 9.17) is 15.0 Å². The third kappa shape index (κ3) is 6.23. The number of fused-ring (bicyclic) bond motifs is 1. The van der Waals surface area contributed by atoms with Gasteiger partial charge in [0.1, 0.15) is 12.4 Å². The number of carbonyl (C=O) groups is 1. The van der Waals surface area contributed by atoms with Crippen molar-refractivity contribution in [3.8, 4) is 23.1 Å². The summed E-state index contributed by atoms with van der Waals surface area (Å²) in [6.07, 6.45) is 1.54. The lowest BCUT2D eigenvalue weighted by Crippen LogP contribution is -2.18. The van der Waals surface area contributed by atoms with E-state index in [9.17, 15) is 4.79 Å². The summed E-state index contributed by atoms with van der Waals surface area (Å²) in [5.74, 6) is 0.220. The van der Waals surface area contributed by atoms with Crippen molar-refractivity contribution in [1.29, 1.82) is 5.26 Å². The highest BCUT2D eigenvalue weighted by atomic mass is 79.9. The number of hydrazone groups is 1. The Bertz CT molecular complexity index is 1730. The Kier molecular flexibility index (Phi) is 8.11. The minimum absolute atomic E-state index is 0.296. The molecule has 4 aromatic carbocycles. The number of para-hydroxylation sites is 1. The molecule has 0 unspecified atom stereocenters. The number of aromatic nitrogens is 1. The number of ether oxygens (including phenoxy) is 1. The van der Waals surface area contributed by atoms with E-state index >= 15 is 0 Å². The summed E-state index contributed by atoms with van der Waals surface area (Å²) in [7, 11) is 0. The smallest absolute Gasteiger partial charge is 0.272 e. The second-order valence-electron chi connectivity index (χ2n) is 8.54. The van der Waals surface area contributed by atoms with Gasteiger partial charge in [-0.3, -0.25) is 4.79 Å². The molecule has 0 bridgehead atoms. The zero-order chi connectivity index (χ0) is 27.2. The van der Waals surface area contributed by atoms with Gasteiger partial charge < -0.3 is 4.74 Å². The van der Waals surface area contributed by atoms with Gasteiger partial charge in [-0.1, -0.05) is 76.6 Å². The number of halogens is 2.